The number of sulfonamides is 1. The second-order valence-corrected chi connectivity index (χ2v) is 6.60. The van der Waals surface area contributed by atoms with Crippen molar-refractivity contribution in [2.45, 2.75) is 23.8 Å². The Labute approximate surface area is 116 Å². The van der Waals surface area contributed by atoms with Crippen molar-refractivity contribution in [3.05, 3.63) is 27.0 Å². The molecule has 9 heteroatoms. The fraction of sp³-hybridized carbons (Fsp3) is 0.636. The molecule has 0 amide bonds. The van der Waals surface area contributed by atoms with Crippen molar-refractivity contribution in [2.75, 3.05) is 13.1 Å². The maximum absolute atomic E-state index is 12.3. The molecule has 20 heavy (non-hydrogen) atoms. The van der Waals surface area contributed by atoms with Crippen molar-refractivity contribution >= 4 is 10.0 Å². The van der Waals surface area contributed by atoms with Crippen molar-refractivity contribution in [1.82, 2.24) is 19.2 Å². The number of hydrogen-bond donors (Lipinski definition) is 2. The predicted molar refractivity (Wildman–Crippen MR) is 73.1 cm³/mol. The molecule has 1 aliphatic heterocycles. The van der Waals surface area contributed by atoms with E-state index in [4.69, 9.17) is 0 Å². The van der Waals surface area contributed by atoms with E-state index < -0.39 is 26.2 Å². The van der Waals surface area contributed by atoms with Gasteiger partial charge in [0.25, 0.3) is 5.56 Å². The summed E-state index contributed by atoms with van der Waals surface area (Å²) in [6, 6.07) is -0.240. The third-order valence-electron chi connectivity index (χ3n) is 3.32. The topological polar surface area (TPSA) is 102 Å². The zero-order valence-corrected chi connectivity index (χ0v) is 12.2. The highest BCUT2D eigenvalue weighted by molar-refractivity contribution is 7.89. The average Bonchev–Trinajstić information content (AvgIpc) is 2.41. The fourth-order valence-electron chi connectivity index (χ4n) is 2.19. The molecule has 1 atom stereocenters. The molecule has 2 heterocycles. The molecule has 0 unspecified atom stereocenters. The number of aromatic nitrogens is 2. The molecule has 2 N–H and O–H groups in total. The van der Waals surface area contributed by atoms with E-state index in [2.05, 4.69) is 10.0 Å². The summed E-state index contributed by atoms with van der Waals surface area (Å²) in [4.78, 5) is 23.1. The van der Waals surface area contributed by atoms with Gasteiger partial charge in [-0.1, -0.05) is 0 Å². The lowest BCUT2D eigenvalue weighted by atomic mass is 10.1. The van der Waals surface area contributed by atoms with Gasteiger partial charge in [0, 0.05) is 32.9 Å². The van der Waals surface area contributed by atoms with Crippen LogP contribution in [0.2, 0.25) is 0 Å². The van der Waals surface area contributed by atoms with E-state index in [0.29, 0.717) is 6.54 Å². The van der Waals surface area contributed by atoms with E-state index >= 15 is 0 Å². The highest BCUT2D eigenvalue weighted by atomic mass is 32.2. The molecule has 0 radical (unpaired) electrons. The van der Waals surface area contributed by atoms with Crippen molar-refractivity contribution in [3.63, 3.8) is 0 Å². The van der Waals surface area contributed by atoms with Gasteiger partial charge in [-0.05, 0) is 19.4 Å². The first kappa shape index (κ1) is 14.9. The number of nitrogens with zero attached hydrogens (tertiary/aromatic N) is 2. The third kappa shape index (κ3) is 2.84. The van der Waals surface area contributed by atoms with E-state index in [1.165, 1.54) is 14.1 Å². The van der Waals surface area contributed by atoms with E-state index in [0.717, 1.165) is 34.7 Å². The Balaban J connectivity index is 2.39. The van der Waals surface area contributed by atoms with Gasteiger partial charge in [-0.3, -0.25) is 9.36 Å². The second kappa shape index (κ2) is 5.51. The number of rotatable bonds is 3. The van der Waals surface area contributed by atoms with E-state index in [1.54, 1.807) is 0 Å². The van der Waals surface area contributed by atoms with Crippen LogP contribution in [0.3, 0.4) is 0 Å². The van der Waals surface area contributed by atoms with Crippen LogP contribution in [-0.4, -0.2) is 36.7 Å². The van der Waals surface area contributed by atoms with Crippen molar-refractivity contribution in [1.29, 1.82) is 0 Å². The smallest absolute Gasteiger partial charge is 0.315 e. The lowest BCUT2D eigenvalue weighted by Gasteiger charge is -2.23. The monoisotopic (exact) mass is 302 g/mol. The molecule has 0 aliphatic carbocycles. The number of aryl methyl sites for hydroxylation is 1. The molecule has 8 nitrogen and oxygen atoms in total. The number of hydrogen-bond acceptors (Lipinski definition) is 5. The van der Waals surface area contributed by atoms with Gasteiger partial charge in [-0.15, -0.1) is 0 Å². The van der Waals surface area contributed by atoms with Gasteiger partial charge in [0.15, 0.2) is 4.90 Å². The van der Waals surface area contributed by atoms with E-state index in [9.17, 15) is 18.0 Å². The molecule has 1 aromatic heterocycles. The van der Waals surface area contributed by atoms with Crippen LogP contribution in [0.15, 0.2) is 20.7 Å². The minimum absolute atomic E-state index is 0.240. The van der Waals surface area contributed by atoms with Crippen LogP contribution in [0, 0.1) is 0 Å². The molecule has 0 bridgehead atoms. The van der Waals surface area contributed by atoms with Gasteiger partial charge in [0.2, 0.25) is 10.0 Å². The zero-order valence-electron chi connectivity index (χ0n) is 11.4. The van der Waals surface area contributed by atoms with Crippen LogP contribution < -0.4 is 21.3 Å². The van der Waals surface area contributed by atoms with Crippen molar-refractivity contribution in [3.8, 4) is 0 Å². The normalized spacial score (nSPS) is 20.0. The number of nitrogens with one attached hydrogen (secondary N) is 2. The van der Waals surface area contributed by atoms with E-state index in [1.807, 2.05) is 0 Å². The quantitative estimate of drug-likeness (QED) is 0.680. The molecule has 1 aromatic rings. The maximum atomic E-state index is 12.3. The second-order valence-electron chi connectivity index (χ2n) is 4.92. The molecule has 0 spiro atoms. The summed E-state index contributed by atoms with van der Waals surface area (Å²) >= 11 is 0. The minimum atomic E-state index is -3.94. The molecule has 0 aromatic carbocycles. The summed E-state index contributed by atoms with van der Waals surface area (Å²) < 4.78 is 28.9. The summed E-state index contributed by atoms with van der Waals surface area (Å²) in [6.07, 6.45) is 2.65. The molecule has 112 valence electrons. The van der Waals surface area contributed by atoms with Crippen molar-refractivity contribution < 1.29 is 8.42 Å². The zero-order chi connectivity index (χ0) is 14.9. The van der Waals surface area contributed by atoms with Gasteiger partial charge in [0.1, 0.15) is 0 Å². The number of piperidine rings is 1. The van der Waals surface area contributed by atoms with Crippen LogP contribution in [0.25, 0.3) is 0 Å². The van der Waals surface area contributed by atoms with E-state index in [-0.39, 0.29) is 6.04 Å². The lowest BCUT2D eigenvalue weighted by Crippen LogP contribution is -2.48. The standard InChI is InChI=1S/C11H18N4O4S/c1-14-7-9(10(16)15(2)11(14)17)20(18,19)13-8-4-3-5-12-6-8/h7-8,12-13H,3-6H2,1-2H3/t8-/m1/s1. The van der Waals surface area contributed by atoms with Crippen LogP contribution in [0.1, 0.15) is 12.8 Å². The summed E-state index contributed by atoms with van der Waals surface area (Å²) in [5.41, 5.74) is -1.38. The summed E-state index contributed by atoms with van der Waals surface area (Å²) in [5, 5.41) is 3.09. The Kier molecular flexibility index (Phi) is 4.11. The first-order valence-electron chi connectivity index (χ1n) is 6.32. The molecule has 1 fully saturated rings. The highest BCUT2D eigenvalue weighted by Crippen LogP contribution is 2.07. The van der Waals surface area contributed by atoms with Gasteiger partial charge in [-0.25, -0.2) is 17.9 Å². The van der Waals surface area contributed by atoms with Crippen molar-refractivity contribution in [2.24, 2.45) is 14.1 Å². The first-order valence-corrected chi connectivity index (χ1v) is 7.81. The molecular weight excluding hydrogens is 284 g/mol. The summed E-state index contributed by atoms with van der Waals surface area (Å²) in [7, 11) is -1.27. The maximum Gasteiger partial charge on any atom is 0.330 e. The predicted octanol–water partition coefficient (Wildman–Crippen LogP) is -1.89. The van der Waals surface area contributed by atoms with Crippen LogP contribution in [0.4, 0.5) is 0 Å². The summed E-state index contributed by atoms with van der Waals surface area (Å²) in [5.74, 6) is 0. The lowest BCUT2D eigenvalue weighted by molar-refractivity contribution is 0.428. The molecule has 0 saturated carbocycles. The molecule has 2 rings (SSSR count). The Morgan fingerprint density at radius 1 is 1.35 bits per heavy atom. The van der Waals surface area contributed by atoms with Gasteiger partial charge in [-0.2, -0.15) is 0 Å². The largest absolute Gasteiger partial charge is 0.330 e. The highest BCUT2D eigenvalue weighted by Gasteiger charge is 2.25. The Hall–Kier alpha value is -1.45. The van der Waals surface area contributed by atoms with Crippen LogP contribution >= 0.6 is 0 Å². The van der Waals surface area contributed by atoms with Crippen LogP contribution in [-0.2, 0) is 24.1 Å². The van der Waals surface area contributed by atoms with Gasteiger partial charge < -0.3 is 9.88 Å². The summed E-state index contributed by atoms with van der Waals surface area (Å²) in [6.45, 7) is 1.39. The SMILES string of the molecule is Cn1cc(S(=O)(=O)N[C@@H]2CCCNC2)c(=O)n(C)c1=O. The fourth-order valence-corrected chi connectivity index (χ4v) is 3.63. The molecule has 1 aliphatic rings. The Morgan fingerprint density at radius 2 is 2.05 bits per heavy atom. The Morgan fingerprint density at radius 3 is 2.65 bits per heavy atom. The van der Waals surface area contributed by atoms with Crippen LogP contribution in [0.5, 0.6) is 0 Å². The third-order valence-corrected chi connectivity index (χ3v) is 4.83. The minimum Gasteiger partial charge on any atom is -0.315 e. The molecular formula is C11H18N4O4S. The Bertz CT molecular complexity index is 713. The van der Waals surface area contributed by atoms with Gasteiger partial charge in [0.05, 0.1) is 0 Å². The first-order chi connectivity index (χ1) is 9.33. The average molecular weight is 302 g/mol. The van der Waals surface area contributed by atoms with Gasteiger partial charge >= 0.3 is 5.69 Å². The molecule has 1 saturated heterocycles.